The Morgan fingerprint density at radius 3 is 2.64 bits per heavy atom. The first-order valence-corrected chi connectivity index (χ1v) is 3.24. The highest BCUT2D eigenvalue weighted by atomic mass is 16.4. The molecule has 0 atom stereocenters. The fourth-order valence-corrected chi connectivity index (χ4v) is 0.479. The summed E-state index contributed by atoms with van der Waals surface area (Å²) < 4.78 is 0. The number of aliphatic carboxylic acids is 1. The van der Waals surface area contributed by atoms with Gasteiger partial charge in [0.05, 0.1) is 13.0 Å². The fourth-order valence-electron chi connectivity index (χ4n) is 0.479. The molecule has 0 bridgehead atoms. The van der Waals surface area contributed by atoms with Gasteiger partial charge >= 0.3 is 5.97 Å². The molecule has 0 fully saturated rings. The van der Waals surface area contributed by atoms with Crippen molar-refractivity contribution in [3.8, 4) is 0 Å². The maximum Gasteiger partial charge on any atom is 0.304 e. The van der Waals surface area contributed by atoms with Gasteiger partial charge in [0.1, 0.15) is 0 Å². The van der Waals surface area contributed by atoms with Crippen molar-refractivity contribution in [3.63, 3.8) is 0 Å². The van der Waals surface area contributed by atoms with Crippen LogP contribution in [0, 0.1) is 0 Å². The van der Waals surface area contributed by atoms with Gasteiger partial charge in [-0.15, -0.1) is 0 Å². The Morgan fingerprint density at radius 1 is 1.55 bits per heavy atom. The molecule has 0 rings (SSSR count). The zero-order valence-corrected chi connectivity index (χ0v) is 6.17. The third-order valence-corrected chi connectivity index (χ3v) is 1.04. The molecule has 2 N–H and O–H groups in total. The Bertz CT molecular complexity index is 165. The molecule has 0 aromatic heterocycles. The van der Waals surface area contributed by atoms with Gasteiger partial charge in [0, 0.05) is 6.54 Å². The molecular weight excluding hydrogens is 146 g/mol. The number of nitrogens with one attached hydrogen (secondary N) is 1. The minimum atomic E-state index is -0.872. The Morgan fingerprint density at radius 2 is 2.18 bits per heavy atom. The zero-order valence-electron chi connectivity index (χ0n) is 6.17. The summed E-state index contributed by atoms with van der Waals surface area (Å²) in [5, 5.41) is 10.9. The lowest BCUT2D eigenvalue weighted by Crippen LogP contribution is -2.24. The van der Waals surface area contributed by atoms with E-state index < -0.39 is 5.97 Å². The number of hydrogen-bond acceptors (Lipinski definition) is 3. The van der Waals surface area contributed by atoms with Crippen LogP contribution in [0.3, 0.4) is 0 Å². The van der Waals surface area contributed by atoms with Crippen LogP contribution in [0.5, 0.6) is 0 Å². The van der Waals surface area contributed by atoms with Gasteiger partial charge in [-0.1, -0.05) is 6.58 Å². The maximum absolute atomic E-state index is 10.5. The number of hydrogen-bond donors (Lipinski definition) is 2. The number of ketones is 1. The van der Waals surface area contributed by atoms with Crippen LogP contribution in [0.15, 0.2) is 12.7 Å². The van der Waals surface area contributed by atoms with Crippen LogP contribution in [-0.2, 0) is 9.59 Å². The van der Waals surface area contributed by atoms with E-state index >= 15 is 0 Å². The van der Waals surface area contributed by atoms with Crippen LogP contribution < -0.4 is 5.32 Å². The van der Waals surface area contributed by atoms with E-state index in [1.807, 2.05) is 0 Å². The average Bonchev–Trinajstić information content (AvgIpc) is 1.97. The standard InChI is InChI=1S/C7H11NO3/c1-2-6(9)5-8-4-3-7(10)11/h2,8H,1,3-5H2,(H,10,11). The SMILES string of the molecule is C=CC(=O)CNCCC(=O)O. The first kappa shape index (κ1) is 9.84. The van der Waals surface area contributed by atoms with E-state index in [4.69, 9.17) is 5.11 Å². The van der Waals surface area contributed by atoms with E-state index in [0.29, 0.717) is 6.54 Å². The Hall–Kier alpha value is -1.16. The molecule has 0 aliphatic heterocycles. The molecule has 0 heterocycles. The van der Waals surface area contributed by atoms with Crippen LogP contribution in [0.1, 0.15) is 6.42 Å². The molecule has 0 aromatic carbocycles. The third kappa shape index (κ3) is 6.73. The quantitative estimate of drug-likeness (QED) is 0.414. The van der Waals surface area contributed by atoms with Gasteiger partial charge in [-0.25, -0.2) is 0 Å². The lowest BCUT2D eigenvalue weighted by molar-refractivity contribution is -0.137. The molecule has 0 aliphatic rings. The van der Waals surface area contributed by atoms with Gasteiger partial charge in [-0.3, -0.25) is 9.59 Å². The van der Waals surface area contributed by atoms with Crippen molar-refractivity contribution >= 4 is 11.8 Å². The number of carboxylic acid groups (broad SMARTS) is 1. The summed E-state index contributed by atoms with van der Waals surface area (Å²) >= 11 is 0. The predicted molar refractivity (Wildman–Crippen MR) is 40.3 cm³/mol. The molecule has 0 radical (unpaired) electrons. The molecule has 4 nitrogen and oxygen atoms in total. The number of carbonyl (C=O) groups excluding carboxylic acids is 1. The molecular formula is C7H11NO3. The van der Waals surface area contributed by atoms with E-state index in [1.165, 1.54) is 6.08 Å². The summed E-state index contributed by atoms with van der Waals surface area (Å²) in [6, 6.07) is 0. The van der Waals surface area contributed by atoms with Crippen molar-refractivity contribution in [2.45, 2.75) is 6.42 Å². The summed E-state index contributed by atoms with van der Waals surface area (Å²) in [6.45, 7) is 3.75. The van der Waals surface area contributed by atoms with Crippen molar-refractivity contribution in [1.29, 1.82) is 0 Å². The van der Waals surface area contributed by atoms with E-state index in [2.05, 4.69) is 11.9 Å². The Kier molecular flexibility index (Phi) is 5.02. The molecule has 4 heteroatoms. The van der Waals surface area contributed by atoms with Crippen LogP contribution >= 0.6 is 0 Å². The lowest BCUT2D eigenvalue weighted by atomic mass is 10.3. The monoisotopic (exact) mass is 157 g/mol. The van der Waals surface area contributed by atoms with Crippen LogP contribution in [-0.4, -0.2) is 29.9 Å². The summed E-state index contributed by atoms with van der Waals surface area (Å²) in [7, 11) is 0. The highest BCUT2D eigenvalue weighted by Gasteiger charge is 1.97. The van der Waals surface area contributed by atoms with Gasteiger partial charge < -0.3 is 10.4 Å². The van der Waals surface area contributed by atoms with E-state index in [1.54, 1.807) is 0 Å². The van der Waals surface area contributed by atoms with Crippen molar-refractivity contribution in [2.24, 2.45) is 0 Å². The molecule has 0 aliphatic carbocycles. The van der Waals surface area contributed by atoms with Gasteiger partial charge in [-0.2, -0.15) is 0 Å². The largest absolute Gasteiger partial charge is 0.481 e. The molecule has 0 saturated carbocycles. The smallest absolute Gasteiger partial charge is 0.304 e. The van der Waals surface area contributed by atoms with Gasteiger partial charge in [0.25, 0.3) is 0 Å². The van der Waals surface area contributed by atoms with Crippen molar-refractivity contribution < 1.29 is 14.7 Å². The third-order valence-electron chi connectivity index (χ3n) is 1.04. The van der Waals surface area contributed by atoms with Crippen LogP contribution in [0.2, 0.25) is 0 Å². The normalized spacial score (nSPS) is 9.09. The highest BCUT2D eigenvalue weighted by Crippen LogP contribution is 1.75. The van der Waals surface area contributed by atoms with E-state index in [9.17, 15) is 9.59 Å². The average molecular weight is 157 g/mol. The summed E-state index contributed by atoms with van der Waals surface area (Å²) in [5.74, 6) is -1.00. The van der Waals surface area contributed by atoms with Crippen molar-refractivity contribution in [3.05, 3.63) is 12.7 Å². The number of carboxylic acids is 1. The number of carbonyl (C=O) groups is 2. The second-order valence-corrected chi connectivity index (χ2v) is 1.99. The maximum atomic E-state index is 10.5. The predicted octanol–water partition coefficient (Wildman–Crippen LogP) is -0.194. The van der Waals surface area contributed by atoms with Gasteiger partial charge in [-0.05, 0) is 6.08 Å². The van der Waals surface area contributed by atoms with Crippen molar-refractivity contribution in [1.82, 2.24) is 5.32 Å². The number of rotatable bonds is 6. The molecule has 0 spiro atoms. The molecule has 0 saturated heterocycles. The van der Waals surface area contributed by atoms with Crippen LogP contribution in [0.4, 0.5) is 0 Å². The van der Waals surface area contributed by atoms with Crippen LogP contribution in [0.25, 0.3) is 0 Å². The highest BCUT2D eigenvalue weighted by molar-refractivity contribution is 5.90. The second-order valence-electron chi connectivity index (χ2n) is 1.99. The van der Waals surface area contributed by atoms with E-state index in [-0.39, 0.29) is 18.7 Å². The topological polar surface area (TPSA) is 66.4 Å². The summed E-state index contributed by atoms with van der Waals surface area (Å²) in [4.78, 5) is 20.5. The first-order valence-electron chi connectivity index (χ1n) is 3.24. The lowest BCUT2D eigenvalue weighted by Gasteiger charge is -1.97. The summed E-state index contributed by atoms with van der Waals surface area (Å²) in [5.41, 5.74) is 0. The minimum absolute atomic E-state index is 0.0322. The fraction of sp³-hybridized carbons (Fsp3) is 0.429. The minimum Gasteiger partial charge on any atom is -0.481 e. The summed E-state index contributed by atoms with van der Waals surface area (Å²) in [6.07, 6.45) is 1.23. The van der Waals surface area contributed by atoms with Crippen molar-refractivity contribution in [2.75, 3.05) is 13.1 Å². The molecule has 62 valence electrons. The molecule has 0 amide bonds. The Balaban J connectivity index is 3.21. The Labute approximate surface area is 64.9 Å². The van der Waals surface area contributed by atoms with Gasteiger partial charge in [0.2, 0.25) is 0 Å². The zero-order chi connectivity index (χ0) is 8.69. The first-order chi connectivity index (χ1) is 5.16. The molecule has 0 unspecified atom stereocenters. The molecule has 0 aromatic rings. The van der Waals surface area contributed by atoms with E-state index in [0.717, 1.165) is 0 Å². The molecule has 11 heavy (non-hydrogen) atoms. The second kappa shape index (κ2) is 5.61. The van der Waals surface area contributed by atoms with Gasteiger partial charge in [0.15, 0.2) is 5.78 Å².